The molecule has 0 spiro atoms. The normalized spacial score (nSPS) is 24.1. The Morgan fingerprint density at radius 2 is 2.00 bits per heavy atom. The fraction of sp³-hybridized carbons (Fsp3) is 0.500. The zero-order valence-electron chi connectivity index (χ0n) is 12.8. The highest BCUT2D eigenvalue weighted by Crippen LogP contribution is 2.23. The number of carbonyl (C=O) groups excluding carboxylic acids is 2. The van der Waals surface area contributed by atoms with Crippen LogP contribution in [-0.4, -0.2) is 43.5 Å². The highest BCUT2D eigenvalue weighted by Gasteiger charge is 2.32. The highest BCUT2D eigenvalue weighted by atomic mass is 32.2. The van der Waals surface area contributed by atoms with E-state index in [1.807, 2.05) is 0 Å². The number of sulfone groups is 1. The van der Waals surface area contributed by atoms with Crippen LogP contribution in [0.15, 0.2) is 29.2 Å². The Kier molecular flexibility index (Phi) is 4.39. The fourth-order valence-corrected chi connectivity index (χ4v) is 4.63. The van der Waals surface area contributed by atoms with Crippen molar-refractivity contribution < 1.29 is 18.0 Å². The quantitative estimate of drug-likeness (QED) is 0.824. The molecule has 2 amide bonds. The summed E-state index contributed by atoms with van der Waals surface area (Å²) in [5.41, 5.74) is 0.637. The van der Waals surface area contributed by atoms with E-state index in [-0.39, 0.29) is 30.7 Å². The lowest BCUT2D eigenvalue weighted by Crippen LogP contribution is -2.48. The van der Waals surface area contributed by atoms with Gasteiger partial charge in [-0.1, -0.05) is 24.6 Å². The first-order chi connectivity index (χ1) is 11.0. The lowest BCUT2D eigenvalue weighted by molar-refractivity contribution is -0.136. The third-order valence-electron chi connectivity index (χ3n) is 4.39. The molecule has 1 N–H and O–H groups in total. The maximum Gasteiger partial charge on any atom is 0.245 e. The maximum absolute atomic E-state index is 12.7. The largest absolute Gasteiger partial charge is 0.344 e. The molecule has 1 fully saturated rings. The smallest absolute Gasteiger partial charge is 0.245 e. The van der Waals surface area contributed by atoms with Gasteiger partial charge in [0.25, 0.3) is 0 Å². The first kappa shape index (κ1) is 16.0. The van der Waals surface area contributed by atoms with Crippen molar-refractivity contribution in [1.29, 1.82) is 0 Å². The number of benzene rings is 1. The molecule has 2 aliphatic rings. The Bertz CT molecular complexity index is 729. The molecule has 1 saturated heterocycles. The predicted octanol–water partition coefficient (Wildman–Crippen LogP) is 0.861. The van der Waals surface area contributed by atoms with Crippen molar-refractivity contribution in [3.05, 3.63) is 29.8 Å². The monoisotopic (exact) mass is 336 g/mol. The van der Waals surface area contributed by atoms with Crippen molar-refractivity contribution in [3.63, 3.8) is 0 Å². The molecular weight excluding hydrogens is 316 g/mol. The van der Waals surface area contributed by atoms with Gasteiger partial charge in [0.15, 0.2) is 9.84 Å². The molecule has 0 aliphatic carbocycles. The lowest BCUT2D eigenvalue weighted by atomic mass is 10.1. The summed E-state index contributed by atoms with van der Waals surface area (Å²) in [5, 5.41) is 2.76. The van der Waals surface area contributed by atoms with Crippen LogP contribution in [-0.2, 0) is 26.0 Å². The number of fused-ring (bicyclic) bond motifs is 1. The van der Waals surface area contributed by atoms with Crippen LogP contribution >= 0.6 is 0 Å². The lowest BCUT2D eigenvalue weighted by Gasteiger charge is -2.25. The summed E-state index contributed by atoms with van der Waals surface area (Å²) in [6, 6.07) is 6.25. The summed E-state index contributed by atoms with van der Waals surface area (Å²) in [4.78, 5) is 26.3. The zero-order chi connectivity index (χ0) is 16.4. The second kappa shape index (κ2) is 6.31. The van der Waals surface area contributed by atoms with Crippen LogP contribution in [0.5, 0.6) is 0 Å². The first-order valence-corrected chi connectivity index (χ1v) is 9.51. The minimum absolute atomic E-state index is 0.0869. The molecule has 1 aromatic rings. The van der Waals surface area contributed by atoms with Gasteiger partial charge in [0.2, 0.25) is 11.8 Å². The predicted molar refractivity (Wildman–Crippen MR) is 84.3 cm³/mol. The molecule has 2 aliphatic heterocycles. The van der Waals surface area contributed by atoms with Gasteiger partial charge in [0.1, 0.15) is 6.04 Å². The molecule has 7 heteroatoms. The fourth-order valence-electron chi connectivity index (χ4n) is 3.13. The van der Waals surface area contributed by atoms with E-state index in [0.29, 0.717) is 23.3 Å². The molecule has 23 heavy (non-hydrogen) atoms. The van der Waals surface area contributed by atoms with Crippen LogP contribution in [0.1, 0.15) is 31.2 Å². The van der Waals surface area contributed by atoms with E-state index in [2.05, 4.69) is 5.32 Å². The van der Waals surface area contributed by atoms with Crippen LogP contribution in [0.3, 0.4) is 0 Å². The average molecular weight is 336 g/mol. The molecule has 0 saturated carbocycles. The van der Waals surface area contributed by atoms with E-state index in [9.17, 15) is 18.0 Å². The Labute approximate surface area is 135 Å². The summed E-state index contributed by atoms with van der Waals surface area (Å²) < 4.78 is 24.7. The molecule has 124 valence electrons. The van der Waals surface area contributed by atoms with Crippen molar-refractivity contribution in [1.82, 2.24) is 10.2 Å². The average Bonchev–Trinajstić information content (AvgIpc) is 2.82. The van der Waals surface area contributed by atoms with E-state index in [0.717, 1.165) is 12.8 Å². The molecule has 0 bridgehead atoms. The number of rotatable bonds is 1. The molecule has 6 nitrogen and oxygen atoms in total. The van der Waals surface area contributed by atoms with Gasteiger partial charge in [-0.3, -0.25) is 9.59 Å². The summed E-state index contributed by atoms with van der Waals surface area (Å²) in [5.74, 6) is -0.382. The number of nitrogens with zero attached hydrogens (tertiary/aromatic N) is 1. The topological polar surface area (TPSA) is 83.6 Å². The van der Waals surface area contributed by atoms with Gasteiger partial charge >= 0.3 is 0 Å². The number of hydrogen-bond acceptors (Lipinski definition) is 4. The summed E-state index contributed by atoms with van der Waals surface area (Å²) >= 11 is 0. The van der Waals surface area contributed by atoms with E-state index in [1.165, 1.54) is 0 Å². The minimum Gasteiger partial charge on any atom is -0.344 e. The molecule has 0 radical (unpaired) electrons. The molecular formula is C16H20N2O4S. The number of nitrogens with one attached hydrogen (secondary N) is 1. The molecule has 0 aromatic heterocycles. The molecule has 1 atom stereocenters. The molecule has 1 unspecified atom stereocenters. The van der Waals surface area contributed by atoms with Crippen LogP contribution in [0.4, 0.5) is 0 Å². The van der Waals surface area contributed by atoms with Gasteiger partial charge in [0, 0.05) is 19.5 Å². The summed E-state index contributed by atoms with van der Waals surface area (Å²) in [6.45, 7) is 0.419. The Morgan fingerprint density at radius 1 is 1.22 bits per heavy atom. The van der Waals surface area contributed by atoms with Crippen LogP contribution < -0.4 is 5.32 Å². The number of carbonyl (C=O) groups is 2. The van der Waals surface area contributed by atoms with Gasteiger partial charge in [-0.25, -0.2) is 8.42 Å². The first-order valence-electron chi connectivity index (χ1n) is 7.86. The van der Waals surface area contributed by atoms with E-state index in [1.54, 1.807) is 29.2 Å². The Morgan fingerprint density at radius 3 is 2.83 bits per heavy atom. The summed E-state index contributed by atoms with van der Waals surface area (Å²) in [7, 11) is -3.37. The number of amides is 2. The second-order valence-electron chi connectivity index (χ2n) is 6.05. The number of hydrogen-bond donors (Lipinski definition) is 1. The van der Waals surface area contributed by atoms with Crippen molar-refractivity contribution >= 4 is 21.7 Å². The van der Waals surface area contributed by atoms with Crippen LogP contribution in [0.25, 0.3) is 0 Å². The third-order valence-corrected chi connectivity index (χ3v) is 6.18. The standard InChI is InChI=1S/C16H20N2O4S/c19-15-8-4-2-6-13(17-15)16(20)18-9-10-23(21,22)14-7-3-1-5-12(14)11-18/h1,3,5,7,13H,2,4,6,8-11H2,(H,17,19). The maximum atomic E-state index is 12.7. The third kappa shape index (κ3) is 3.39. The van der Waals surface area contributed by atoms with E-state index >= 15 is 0 Å². The van der Waals surface area contributed by atoms with Crippen molar-refractivity contribution in [2.75, 3.05) is 12.3 Å². The molecule has 2 heterocycles. The summed E-state index contributed by atoms with van der Waals surface area (Å²) in [6.07, 6.45) is 2.65. The molecule has 3 rings (SSSR count). The molecule has 1 aromatic carbocycles. The zero-order valence-corrected chi connectivity index (χ0v) is 13.6. The van der Waals surface area contributed by atoms with Gasteiger partial charge in [-0.15, -0.1) is 0 Å². The van der Waals surface area contributed by atoms with Crippen molar-refractivity contribution in [2.24, 2.45) is 0 Å². The van der Waals surface area contributed by atoms with E-state index in [4.69, 9.17) is 0 Å². The van der Waals surface area contributed by atoms with Crippen LogP contribution in [0.2, 0.25) is 0 Å². The minimum atomic E-state index is -3.37. The highest BCUT2D eigenvalue weighted by molar-refractivity contribution is 7.91. The van der Waals surface area contributed by atoms with Gasteiger partial charge in [0.05, 0.1) is 10.6 Å². The van der Waals surface area contributed by atoms with Gasteiger partial charge in [-0.2, -0.15) is 0 Å². The van der Waals surface area contributed by atoms with E-state index < -0.39 is 15.9 Å². The second-order valence-corrected chi connectivity index (χ2v) is 8.13. The van der Waals surface area contributed by atoms with Crippen molar-refractivity contribution in [3.8, 4) is 0 Å². The SMILES string of the molecule is O=C1CCCCC(C(=O)N2CCS(=O)(=O)c3ccccc3C2)N1. The van der Waals surface area contributed by atoms with Crippen LogP contribution in [0, 0.1) is 0 Å². The Hall–Kier alpha value is -1.89. The van der Waals surface area contributed by atoms with Gasteiger partial charge < -0.3 is 10.2 Å². The van der Waals surface area contributed by atoms with Gasteiger partial charge in [-0.05, 0) is 24.5 Å². The van der Waals surface area contributed by atoms with Crippen molar-refractivity contribution in [2.45, 2.75) is 43.2 Å². The Balaban J connectivity index is 1.84.